The van der Waals surface area contributed by atoms with Crippen LogP contribution in [-0.2, 0) is 16.0 Å². The van der Waals surface area contributed by atoms with Gasteiger partial charge in [0.2, 0.25) is 0 Å². The molecule has 0 saturated carbocycles. The normalized spacial score (nSPS) is 14.7. The molecule has 6 heteroatoms. The SMILES string of the molecule is CNC(CC(C)OC)c1c(Cl)cnn1CCOC. The van der Waals surface area contributed by atoms with Crippen molar-refractivity contribution in [3.63, 3.8) is 0 Å². The zero-order valence-corrected chi connectivity index (χ0v) is 12.2. The Bertz CT molecular complexity index is 357. The van der Waals surface area contributed by atoms with Gasteiger partial charge in [-0.2, -0.15) is 5.10 Å². The summed E-state index contributed by atoms with van der Waals surface area (Å²) in [5.74, 6) is 0. The van der Waals surface area contributed by atoms with Gasteiger partial charge in [0.1, 0.15) is 0 Å². The van der Waals surface area contributed by atoms with Gasteiger partial charge in [-0.25, -0.2) is 0 Å². The van der Waals surface area contributed by atoms with Gasteiger partial charge in [-0.05, 0) is 20.4 Å². The van der Waals surface area contributed by atoms with Crippen LogP contribution in [0.25, 0.3) is 0 Å². The van der Waals surface area contributed by atoms with Gasteiger partial charge < -0.3 is 14.8 Å². The highest BCUT2D eigenvalue weighted by Gasteiger charge is 2.21. The van der Waals surface area contributed by atoms with Crippen LogP contribution in [0.15, 0.2) is 6.20 Å². The fraction of sp³-hybridized carbons (Fsp3) is 0.750. The number of nitrogens with one attached hydrogen (secondary N) is 1. The highest BCUT2D eigenvalue weighted by atomic mass is 35.5. The third kappa shape index (κ3) is 3.95. The van der Waals surface area contributed by atoms with E-state index in [9.17, 15) is 0 Å². The molecular formula is C12H22ClN3O2. The fourth-order valence-electron chi connectivity index (χ4n) is 1.87. The van der Waals surface area contributed by atoms with E-state index in [-0.39, 0.29) is 12.1 Å². The van der Waals surface area contributed by atoms with Crippen molar-refractivity contribution < 1.29 is 9.47 Å². The van der Waals surface area contributed by atoms with Gasteiger partial charge in [-0.3, -0.25) is 4.68 Å². The number of aromatic nitrogens is 2. The van der Waals surface area contributed by atoms with E-state index in [1.165, 1.54) is 0 Å². The molecule has 0 spiro atoms. The smallest absolute Gasteiger partial charge is 0.0834 e. The summed E-state index contributed by atoms with van der Waals surface area (Å²) in [7, 11) is 5.30. The van der Waals surface area contributed by atoms with Crippen molar-refractivity contribution in [1.82, 2.24) is 15.1 Å². The Hall–Kier alpha value is -0.620. The third-order valence-electron chi connectivity index (χ3n) is 2.99. The molecule has 1 aromatic heterocycles. The summed E-state index contributed by atoms with van der Waals surface area (Å²) in [5.41, 5.74) is 0.986. The molecule has 1 N–H and O–H groups in total. The molecule has 104 valence electrons. The van der Waals surface area contributed by atoms with Crippen molar-refractivity contribution in [3.05, 3.63) is 16.9 Å². The maximum Gasteiger partial charge on any atom is 0.0834 e. The Morgan fingerprint density at radius 1 is 1.50 bits per heavy atom. The van der Waals surface area contributed by atoms with Crippen molar-refractivity contribution in [2.45, 2.75) is 32.0 Å². The molecule has 18 heavy (non-hydrogen) atoms. The second-order valence-corrected chi connectivity index (χ2v) is 4.62. The van der Waals surface area contributed by atoms with E-state index in [4.69, 9.17) is 21.1 Å². The first-order chi connectivity index (χ1) is 8.63. The minimum absolute atomic E-state index is 0.117. The molecular weight excluding hydrogens is 254 g/mol. The van der Waals surface area contributed by atoms with Gasteiger partial charge in [0, 0.05) is 14.2 Å². The Morgan fingerprint density at radius 2 is 2.22 bits per heavy atom. The van der Waals surface area contributed by atoms with E-state index in [0.717, 1.165) is 12.1 Å². The monoisotopic (exact) mass is 275 g/mol. The number of hydrogen-bond donors (Lipinski definition) is 1. The van der Waals surface area contributed by atoms with Gasteiger partial charge in [0.25, 0.3) is 0 Å². The van der Waals surface area contributed by atoms with E-state index >= 15 is 0 Å². The molecule has 1 rings (SSSR count). The molecule has 0 aliphatic heterocycles. The Labute approximate surface area is 113 Å². The van der Waals surface area contributed by atoms with E-state index in [1.54, 1.807) is 20.4 Å². The quantitative estimate of drug-likeness (QED) is 0.787. The van der Waals surface area contributed by atoms with Crippen molar-refractivity contribution in [1.29, 1.82) is 0 Å². The van der Waals surface area contributed by atoms with E-state index in [2.05, 4.69) is 10.4 Å². The molecule has 1 aromatic rings. The van der Waals surface area contributed by atoms with Gasteiger partial charge >= 0.3 is 0 Å². The highest BCUT2D eigenvalue weighted by Crippen LogP contribution is 2.26. The number of hydrogen-bond acceptors (Lipinski definition) is 4. The van der Waals surface area contributed by atoms with Crippen LogP contribution in [0.4, 0.5) is 0 Å². The first-order valence-electron chi connectivity index (χ1n) is 6.04. The zero-order valence-electron chi connectivity index (χ0n) is 11.4. The van der Waals surface area contributed by atoms with Crippen molar-refractivity contribution in [3.8, 4) is 0 Å². The molecule has 0 aliphatic carbocycles. The van der Waals surface area contributed by atoms with Crippen LogP contribution in [0.1, 0.15) is 25.1 Å². The molecule has 0 amide bonds. The van der Waals surface area contributed by atoms with Crippen LogP contribution in [0.5, 0.6) is 0 Å². The van der Waals surface area contributed by atoms with Gasteiger partial charge in [0.15, 0.2) is 0 Å². The van der Waals surface area contributed by atoms with Gasteiger partial charge in [0.05, 0.1) is 42.2 Å². The second kappa shape index (κ2) is 7.74. The van der Waals surface area contributed by atoms with Crippen LogP contribution in [0, 0.1) is 0 Å². The van der Waals surface area contributed by atoms with Crippen molar-refractivity contribution in [2.24, 2.45) is 0 Å². The molecule has 5 nitrogen and oxygen atoms in total. The fourth-order valence-corrected chi connectivity index (χ4v) is 2.14. The summed E-state index contributed by atoms with van der Waals surface area (Å²) in [4.78, 5) is 0. The van der Waals surface area contributed by atoms with Crippen LogP contribution in [0.3, 0.4) is 0 Å². The summed E-state index contributed by atoms with van der Waals surface area (Å²) >= 11 is 6.22. The standard InChI is InChI=1S/C12H22ClN3O2/c1-9(18-4)7-11(14-2)12-10(13)8-15-16(12)5-6-17-3/h8-9,11,14H,5-7H2,1-4H3. The molecule has 0 bridgehead atoms. The average molecular weight is 276 g/mol. The van der Waals surface area contributed by atoms with Crippen LogP contribution >= 0.6 is 11.6 Å². The maximum atomic E-state index is 6.22. The van der Waals surface area contributed by atoms with Gasteiger partial charge in [-0.15, -0.1) is 0 Å². The number of rotatable bonds is 8. The summed E-state index contributed by atoms with van der Waals surface area (Å²) in [6.45, 7) is 3.34. The average Bonchev–Trinajstić information content (AvgIpc) is 2.74. The third-order valence-corrected chi connectivity index (χ3v) is 3.28. The summed E-state index contributed by atoms with van der Waals surface area (Å²) in [6, 6.07) is 0.117. The van der Waals surface area contributed by atoms with E-state index in [1.807, 2.05) is 18.7 Å². The van der Waals surface area contributed by atoms with Crippen LogP contribution < -0.4 is 5.32 Å². The van der Waals surface area contributed by atoms with E-state index < -0.39 is 0 Å². The number of nitrogens with zero attached hydrogens (tertiary/aromatic N) is 2. The zero-order chi connectivity index (χ0) is 13.5. The Kier molecular flexibility index (Phi) is 6.63. The number of methoxy groups -OCH3 is 2. The van der Waals surface area contributed by atoms with Crippen LogP contribution in [0.2, 0.25) is 5.02 Å². The topological polar surface area (TPSA) is 48.3 Å². The van der Waals surface area contributed by atoms with Crippen molar-refractivity contribution in [2.75, 3.05) is 27.9 Å². The lowest BCUT2D eigenvalue weighted by molar-refractivity contribution is 0.0998. The number of halogens is 1. The predicted molar refractivity (Wildman–Crippen MR) is 72.0 cm³/mol. The molecule has 0 saturated heterocycles. The minimum Gasteiger partial charge on any atom is -0.383 e. The highest BCUT2D eigenvalue weighted by molar-refractivity contribution is 6.31. The first-order valence-corrected chi connectivity index (χ1v) is 6.42. The molecule has 2 unspecified atom stereocenters. The largest absolute Gasteiger partial charge is 0.383 e. The van der Waals surface area contributed by atoms with Gasteiger partial charge in [-0.1, -0.05) is 11.6 Å². The minimum atomic E-state index is 0.117. The Morgan fingerprint density at radius 3 is 2.78 bits per heavy atom. The maximum absolute atomic E-state index is 6.22. The lowest BCUT2D eigenvalue weighted by Gasteiger charge is -2.21. The summed E-state index contributed by atoms with van der Waals surface area (Å²) < 4.78 is 12.3. The Balaban J connectivity index is 2.86. The van der Waals surface area contributed by atoms with E-state index in [0.29, 0.717) is 18.2 Å². The molecule has 0 aliphatic rings. The molecule has 0 fully saturated rings. The van der Waals surface area contributed by atoms with Crippen molar-refractivity contribution >= 4 is 11.6 Å². The molecule has 2 atom stereocenters. The second-order valence-electron chi connectivity index (χ2n) is 4.22. The first kappa shape index (κ1) is 15.4. The number of ether oxygens (including phenoxy) is 2. The predicted octanol–water partition coefficient (Wildman–Crippen LogP) is 1.87. The van der Waals surface area contributed by atoms with Crippen LogP contribution in [-0.4, -0.2) is 43.8 Å². The lowest BCUT2D eigenvalue weighted by atomic mass is 10.1. The molecule has 0 radical (unpaired) electrons. The summed E-state index contributed by atoms with van der Waals surface area (Å²) in [6.07, 6.45) is 2.67. The molecule has 0 aromatic carbocycles. The molecule has 1 heterocycles. The summed E-state index contributed by atoms with van der Waals surface area (Å²) in [5, 5.41) is 8.22. The lowest BCUT2D eigenvalue weighted by Crippen LogP contribution is -2.25.